The van der Waals surface area contributed by atoms with Crippen LogP contribution < -0.4 is 5.73 Å². The fourth-order valence-corrected chi connectivity index (χ4v) is 5.70. The third-order valence-electron chi connectivity index (χ3n) is 4.60. The first kappa shape index (κ1) is 19.2. The van der Waals surface area contributed by atoms with Crippen LogP contribution in [0.15, 0.2) is 40.1 Å². The van der Waals surface area contributed by atoms with Gasteiger partial charge in [0.1, 0.15) is 11.7 Å². The van der Waals surface area contributed by atoms with Crippen LogP contribution in [0.1, 0.15) is 24.8 Å². The number of nitrogens with two attached hydrogens (primary N) is 1. The lowest BCUT2D eigenvalue weighted by atomic mass is 10.1. The number of hydrogen-bond acceptors (Lipinski definition) is 7. The molecule has 1 aliphatic rings. The molecule has 0 radical (unpaired) electrons. The van der Waals surface area contributed by atoms with Crippen molar-refractivity contribution in [2.75, 3.05) is 5.75 Å². The van der Waals surface area contributed by atoms with Crippen molar-refractivity contribution in [2.45, 2.75) is 24.6 Å². The molecule has 0 saturated heterocycles. The van der Waals surface area contributed by atoms with Gasteiger partial charge in [0.2, 0.25) is 12.3 Å². The summed E-state index contributed by atoms with van der Waals surface area (Å²) in [5.74, 6) is 0.479. The Bertz CT molecular complexity index is 1100. The smallest absolute Gasteiger partial charge is 0.247 e. The molecule has 4 rings (SSSR count). The summed E-state index contributed by atoms with van der Waals surface area (Å²) in [5, 5.41) is 7.93. The highest BCUT2D eigenvalue weighted by atomic mass is 35.5. The van der Waals surface area contributed by atoms with E-state index in [1.54, 1.807) is 12.1 Å². The summed E-state index contributed by atoms with van der Waals surface area (Å²) < 4.78 is 31.2. The highest BCUT2D eigenvalue weighted by Crippen LogP contribution is 2.42. The van der Waals surface area contributed by atoms with Gasteiger partial charge in [0, 0.05) is 26.1 Å². The average Bonchev–Trinajstić information content (AvgIpc) is 3.29. The van der Waals surface area contributed by atoms with Gasteiger partial charge in [-0.25, -0.2) is 4.39 Å². The molecule has 0 bridgehead atoms. The minimum absolute atomic E-state index is 0.228. The lowest BCUT2D eigenvalue weighted by molar-refractivity contribution is 0.567. The Kier molecular flexibility index (Phi) is 4.84. The van der Waals surface area contributed by atoms with E-state index in [-0.39, 0.29) is 11.9 Å². The largest absolute Gasteiger partial charge is 0.423 e. The fraction of sp³-hybridized carbons (Fsp3) is 0.278. The maximum absolute atomic E-state index is 14.2. The van der Waals surface area contributed by atoms with Crippen molar-refractivity contribution in [1.29, 1.82) is 0 Å². The van der Waals surface area contributed by atoms with Crippen LogP contribution in [0, 0.1) is 5.82 Å². The Morgan fingerprint density at radius 2 is 2.07 bits per heavy atom. The normalized spacial score (nSPS) is 21.5. The number of rotatable bonds is 3. The van der Waals surface area contributed by atoms with E-state index in [4.69, 9.17) is 21.8 Å². The Morgan fingerprint density at radius 3 is 2.75 bits per heavy atom. The standard InChI is InChI=1S/C18H16ClFN4O2S2/c1-18(2)17(21)23-13(7-28(18)25)15-12(19)6-14(27-15)9-3-10(5-11(20)4-9)16-24-22-8-26-16/h3-6,8,13H,7H2,1-2H3,(H2,21,23). The minimum atomic E-state index is -1.18. The molecule has 2 unspecified atom stereocenters. The van der Waals surface area contributed by atoms with Gasteiger partial charge in [-0.2, -0.15) is 0 Å². The highest BCUT2D eigenvalue weighted by molar-refractivity contribution is 7.87. The van der Waals surface area contributed by atoms with E-state index >= 15 is 0 Å². The van der Waals surface area contributed by atoms with Crippen LogP contribution in [0.3, 0.4) is 0 Å². The summed E-state index contributed by atoms with van der Waals surface area (Å²) in [5.41, 5.74) is 7.14. The molecular weight excluding hydrogens is 423 g/mol. The van der Waals surface area contributed by atoms with Gasteiger partial charge in [-0.05, 0) is 43.7 Å². The Hall–Kier alpha value is -2.10. The van der Waals surface area contributed by atoms with Crippen molar-refractivity contribution in [1.82, 2.24) is 10.2 Å². The van der Waals surface area contributed by atoms with Crippen molar-refractivity contribution in [3.8, 4) is 21.9 Å². The molecule has 2 atom stereocenters. The second kappa shape index (κ2) is 7.06. The molecule has 1 aliphatic heterocycles. The Balaban J connectivity index is 1.73. The highest BCUT2D eigenvalue weighted by Gasteiger charge is 2.38. The molecule has 0 fully saturated rings. The van der Waals surface area contributed by atoms with Crippen LogP contribution in [0.25, 0.3) is 21.9 Å². The van der Waals surface area contributed by atoms with Crippen LogP contribution >= 0.6 is 22.9 Å². The maximum atomic E-state index is 14.2. The third kappa shape index (κ3) is 3.38. The first-order chi connectivity index (χ1) is 13.3. The summed E-state index contributed by atoms with van der Waals surface area (Å²) in [6, 6.07) is 5.85. The first-order valence-electron chi connectivity index (χ1n) is 8.34. The second-order valence-electron chi connectivity index (χ2n) is 6.85. The van der Waals surface area contributed by atoms with Gasteiger partial charge in [0.15, 0.2) is 0 Å². The minimum Gasteiger partial charge on any atom is -0.423 e. The molecule has 0 aliphatic carbocycles. The number of thiophene rings is 1. The zero-order chi connectivity index (χ0) is 20.1. The number of hydrogen-bond donors (Lipinski definition) is 1. The maximum Gasteiger partial charge on any atom is 0.247 e. The molecule has 0 saturated carbocycles. The van der Waals surface area contributed by atoms with Gasteiger partial charge >= 0.3 is 0 Å². The van der Waals surface area contributed by atoms with Crippen molar-refractivity contribution in [3.05, 3.63) is 46.4 Å². The zero-order valence-corrected chi connectivity index (χ0v) is 17.4. The monoisotopic (exact) mass is 438 g/mol. The van der Waals surface area contributed by atoms with E-state index in [2.05, 4.69) is 15.2 Å². The molecule has 2 N–H and O–H groups in total. The van der Waals surface area contributed by atoms with E-state index in [1.807, 2.05) is 13.8 Å². The van der Waals surface area contributed by atoms with Crippen LogP contribution in [0.5, 0.6) is 0 Å². The van der Waals surface area contributed by atoms with Gasteiger partial charge in [-0.3, -0.25) is 9.20 Å². The van der Waals surface area contributed by atoms with E-state index in [0.29, 0.717) is 27.7 Å². The molecule has 3 heterocycles. The lowest BCUT2D eigenvalue weighted by Gasteiger charge is -2.30. The van der Waals surface area contributed by atoms with Gasteiger partial charge in [0.05, 0.1) is 21.6 Å². The van der Waals surface area contributed by atoms with Crippen LogP contribution in [0.2, 0.25) is 5.02 Å². The zero-order valence-electron chi connectivity index (χ0n) is 15.0. The summed E-state index contributed by atoms with van der Waals surface area (Å²) >= 11 is 7.82. The van der Waals surface area contributed by atoms with Gasteiger partial charge in [-0.1, -0.05) is 11.6 Å². The molecule has 2 aromatic heterocycles. The number of nitrogens with zero attached hydrogens (tertiary/aromatic N) is 3. The number of benzene rings is 1. The van der Waals surface area contributed by atoms with E-state index in [9.17, 15) is 8.60 Å². The SMILES string of the molecule is CC1(C)C(N)=NC(c2sc(-c3cc(F)cc(-c4nnco4)c3)cc2Cl)CS1=O. The third-order valence-corrected chi connectivity index (χ3v) is 8.27. The number of amidine groups is 1. The van der Waals surface area contributed by atoms with E-state index in [0.717, 1.165) is 9.75 Å². The van der Waals surface area contributed by atoms with E-state index < -0.39 is 21.4 Å². The van der Waals surface area contributed by atoms with Crippen molar-refractivity contribution in [2.24, 2.45) is 10.7 Å². The number of aromatic nitrogens is 2. The lowest BCUT2D eigenvalue weighted by Crippen LogP contribution is -2.47. The molecule has 10 heteroatoms. The summed E-state index contributed by atoms with van der Waals surface area (Å²) in [4.78, 5) is 6.03. The number of aliphatic imine (C=N–C) groups is 1. The average molecular weight is 439 g/mol. The van der Waals surface area contributed by atoms with Crippen LogP contribution in [-0.2, 0) is 10.8 Å². The summed E-state index contributed by atoms with van der Waals surface area (Å²) in [6.45, 7) is 3.62. The Morgan fingerprint density at radius 1 is 1.32 bits per heavy atom. The van der Waals surface area contributed by atoms with Gasteiger partial charge in [0.25, 0.3) is 0 Å². The van der Waals surface area contributed by atoms with Gasteiger partial charge < -0.3 is 10.2 Å². The molecule has 0 amide bonds. The predicted octanol–water partition coefficient (Wildman–Crippen LogP) is 4.20. The topological polar surface area (TPSA) is 94.4 Å². The molecule has 3 aromatic rings. The molecule has 146 valence electrons. The number of halogens is 2. The van der Waals surface area contributed by atoms with Crippen molar-refractivity contribution >= 4 is 39.6 Å². The van der Waals surface area contributed by atoms with Crippen molar-refractivity contribution in [3.63, 3.8) is 0 Å². The summed E-state index contributed by atoms with van der Waals surface area (Å²) in [6.07, 6.45) is 1.19. The summed E-state index contributed by atoms with van der Waals surface area (Å²) in [7, 11) is -1.18. The quantitative estimate of drug-likeness (QED) is 0.661. The van der Waals surface area contributed by atoms with Crippen molar-refractivity contribution < 1.29 is 13.0 Å². The first-order valence-corrected chi connectivity index (χ1v) is 10.9. The predicted molar refractivity (Wildman–Crippen MR) is 109 cm³/mol. The van der Waals surface area contributed by atoms with Crippen LogP contribution in [0.4, 0.5) is 4.39 Å². The van der Waals surface area contributed by atoms with Crippen LogP contribution in [-0.4, -0.2) is 30.7 Å². The van der Waals surface area contributed by atoms with Gasteiger partial charge in [-0.15, -0.1) is 21.5 Å². The molecule has 1 aromatic carbocycles. The fourth-order valence-electron chi connectivity index (χ4n) is 2.87. The van der Waals surface area contributed by atoms with E-state index in [1.165, 1.54) is 29.9 Å². The Labute approximate surface area is 172 Å². The molecule has 28 heavy (non-hydrogen) atoms. The molecule has 6 nitrogen and oxygen atoms in total. The molecular formula is C18H16ClFN4O2S2. The molecule has 0 spiro atoms. The second-order valence-corrected chi connectivity index (χ2v) is 10.4.